The number of thioether (sulfide) groups is 1. The molecule has 0 N–H and O–H groups in total. The van der Waals surface area contributed by atoms with E-state index in [4.69, 9.17) is 11.6 Å². The van der Waals surface area contributed by atoms with Gasteiger partial charge in [0.2, 0.25) is 5.91 Å². The Morgan fingerprint density at radius 3 is 2.65 bits per heavy atom. The van der Waals surface area contributed by atoms with Gasteiger partial charge in [-0.2, -0.15) is 5.10 Å². The Morgan fingerprint density at radius 2 is 1.84 bits per heavy atom. The maximum atomic E-state index is 13.2. The van der Waals surface area contributed by atoms with Crippen molar-refractivity contribution in [2.75, 3.05) is 0 Å². The lowest BCUT2D eigenvalue weighted by Gasteiger charge is -2.17. The average Bonchev–Trinajstić information content (AvgIpc) is 3.08. The van der Waals surface area contributed by atoms with Crippen LogP contribution in [-0.2, 0) is 11.3 Å². The van der Waals surface area contributed by atoms with Crippen LogP contribution in [0.5, 0.6) is 0 Å². The van der Waals surface area contributed by atoms with Crippen LogP contribution in [0.15, 0.2) is 76.9 Å². The molecule has 3 aromatic carbocycles. The average molecular weight is 450 g/mol. The van der Waals surface area contributed by atoms with Crippen LogP contribution in [0, 0.1) is 0 Å². The molecule has 158 valence electrons. The van der Waals surface area contributed by atoms with E-state index in [-0.39, 0.29) is 11.2 Å². The fourth-order valence-electron chi connectivity index (χ4n) is 3.60. The molecule has 1 saturated heterocycles. The number of carbonyl (C=O) groups excluding carboxylic acids is 1. The Hall–Kier alpha value is -2.63. The fourth-order valence-corrected chi connectivity index (χ4v) is 4.87. The van der Waals surface area contributed by atoms with Crippen LogP contribution in [0.3, 0.4) is 0 Å². The van der Waals surface area contributed by atoms with Gasteiger partial charge in [-0.25, -0.2) is 0 Å². The molecule has 4 nitrogen and oxygen atoms in total. The zero-order valence-corrected chi connectivity index (χ0v) is 18.9. The van der Waals surface area contributed by atoms with E-state index in [2.05, 4.69) is 41.4 Å². The van der Waals surface area contributed by atoms with Gasteiger partial charge in [-0.15, -0.1) is 5.10 Å². The quantitative estimate of drug-likeness (QED) is 0.304. The second-order valence-electron chi connectivity index (χ2n) is 7.49. The molecule has 0 saturated carbocycles. The first-order valence-electron chi connectivity index (χ1n) is 10.5. The van der Waals surface area contributed by atoms with Gasteiger partial charge < -0.3 is 0 Å². The van der Waals surface area contributed by atoms with Crippen LogP contribution >= 0.6 is 23.4 Å². The molecule has 6 heteroatoms. The monoisotopic (exact) mass is 449 g/mol. The van der Waals surface area contributed by atoms with Gasteiger partial charge in [0.1, 0.15) is 0 Å². The largest absolute Gasteiger partial charge is 0.284 e. The molecule has 31 heavy (non-hydrogen) atoms. The number of hydrogen-bond acceptors (Lipinski definition) is 4. The molecule has 1 aliphatic heterocycles. The number of rotatable bonds is 7. The van der Waals surface area contributed by atoms with Gasteiger partial charge in [0.25, 0.3) is 0 Å². The molecule has 0 bridgehead atoms. The Balaban J connectivity index is 1.61. The van der Waals surface area contributed by atoms with Crippen molar-refractivity contribution >= 4 is 51.4 Å². The number of amidine groups is 1. The Kier molecular flexibility index (Phi) is 7.05. The summed E-state index contributed by atoms with van der Waals surface area (Å²) in [6.07, 6.45) is 4.62. The van der Waals surface area contributed by atoms with Gasteiger partial charge in [-0.05, 0) is 40.5 Å². The lowest BCUT2D eigenvalue weighted by atomic mass is 10.0. The van der Waals surface area contributed by atoms with E-state index < -0.39 is 0 Å². The summed E-state index contributed by atoms with van der Waals surface area (Å²) in [5.74, 6) is 0.117. The van der Waals surface area contributed by atoms with E-state index in [1.165, 1.54) is 17.1 Å². The van der Waals surface area contributed by atoms with Gasteiger partial charge in [-0.3, -0.25) is 9.69 Å². The molecule has 0 aliphatic carbocycles. The van der Waals surface area contributed by atoms with E-state index in [1.54, 1.807) is 11.1 Å². The van der Waals surface area contributed by atoms with Crippen molar-refractivity contribution in [3.63, 3.8) is 0 Å². The Morgan fingerprint density at radius 1 is 1.06 bits per heavy atom. The first-order chi connectivity index (χ1) is 15.2. The first kappa shape index (κ1) is 21.6. The van der Waals surface area contributed by atoms with Crippen molar-refractivity contribution in [1.29, 1.82) is 0 Å². The molecule has 4 rings (SSSR count). The second kappa shape index (κ2) is 10.1. The Bertz CT molecular complexity index is 1120. The summed E-state index contributed by atoms with van der Waals surface area (Å²) in [4.78, 5) is 15.0. The van der Waals surface area contributed by atoms with Gasteiger partial charge in [0, 0.05) is 5.02 Å². The third kappa shape index (κ3) is 5.17. The first-order valence-corrected chi connectivity index (χ1v) is 11.7. The van der Waals surface area contributed by atoms with E-state index in [1.807, 2.05) is 42.5 Å². The highest BCUT2D eigenvalue weighted by atomic mass is 35.5. The maximum Gasteiger partial charge on any atom is 0.242 e. The van der Waals surface area contributed by atoms with E-state index in [0.29, 0.717) is 16.7 Å². The topological polar surface area (TPSA) is 45.0 Å². The molecule has 1 amide bonds. The van der Waals surface area contributed by atoms with Crippen molar-refractivity contribution in [2.24, 2.45) is 10.2 Å². The second-order valence-corrected chi connectivity index (χ2v) is 9.10. The predicted molar refractivity (Wildman–Crippen MR) is 132 cm³/mol. The van der Waals surface area contributed by atoms with Gasteiger partial charge in [0.15, 0.2) is 5.17 Å². The van der Waals surface area contributed by atoms with Crippen molar-refractivity contribution in [1.82, 2.24) is 4.90 Å². The minimum atomic E-state index is -0.0978. The molecular weight excluding hydrogens is 426 g/mol. The van der Waals surface area contributed by atoms with Crippen LogP contribution in [0.1, 0.15) is 37.3 Å². The summed E-state index contributed by atoms with van der Waals surface area (Å²) in [5.41, 5.74) is 2.02. The molecule has 0 spiro atoms. The molecule has 0 unspecified atom stereocenters. The summed E-state index contributed by atoms with van der Waals surface area (Å²) in [7, 11) is 0. The predicted octanol–water partition coefficient (Wildman–Crippen LogP) is 6.52. The molecular formula is C25H24ClN3OS. The number of fused-ring (bicyclic) bond motifs is 1. The van der Waals surface area contributed by atoms with Gasteiger partial charge >= 0.3 is 0 Å². The van der Waals surface area contributed by atoms with Gasteiger partial charge in [0.05, 0.1) is 18.0 Å². The third-order valence-electron chi connectivity index (χ3n) is 5.27. The third-order valence-corrected chi connectivity index (χ3v) is 6.76. The standard InChI is InChI=1S/C25H24ClN3OS/c1-2-3-11-23-24(30)29(17-20-9-6-8-19-7-4-5-10-22(19)20)25(31-23)28-27-16-18-12-14-21(26)15-13-18/h4-10,12-16,23H,2-3,11,17H2,1H3/b27-16-,28-25+/t23-/m0/s1. The minimum Gasteiger partial charge on any atom is -0.284 e. The lowest BCUT2D eigenvalue weighted by molar-refractivity contribution is -0.126. The van der Waals surface area contributed by atoms with Gasteiger partial charge in [-0.1, -0.05) is 97.7 Å². The zero-order chi connectivity index (χ0) is 21.6. The summed E-state index contributed by atoms with van der Waals surface area (Å²) < 4.78 is 0. The highest BCUT2D eigenvalue weighted by Crippen LogP contribution is 2.33. The molecule has 1 atom stereocenters. The molecule has 0 aromatic heterocycles. The summed E-state index contributed by atoms with van der Waals surface area (Å²) in [5, 5.41) is 12.3. The fraction of sp³-hybridized carbons (Fsp3) is 0.240. The van der Waals surface area contributed by atoms with Crippen LogP contribution < -0.4 is 0 Å². The number of amides is 1. The number of halogens is 1. The molecule has 1 heterocycles. The number of unbranched alkanes of at least 4 members (excludes halogenated alkanes) is 1. The van der Waals surface area contributed by atoms with Crippen molar-refractivity contribution in [3.05, 3.63) is 82.9 Å². The highest BCUT2D eigenvalue weighted by molar-refractivity contribution is 8.15. The number of benzene rings is 3. The lowest BCUT2D eigenvalue weighted by Crippen LogP contribution is -2.31. The van der Waals surface area contributed by atoms with E-state index >= 15 is 0 Å². The molecule has 0 radical (unpaired) electrons. The SMILES string of the molecule is CCCC[C@@H]1S/C(=N/N=C\c2ccc(Cl)cc2)N(Cc2cccc3ccccc23)C1=O. The highest BCUT2D eigenvalue weighted by Gasteiger charge is 2.37. The van der Waals surface area contributed by atoms with Crippen LogP contribution in [-0.4, -0.2) is 27.4 Å². The minimum absolute atomic E-state index is 0.0978. The van der Waals surface area contributed by atoms with Crippen LogP contribution in [0.25, 0.3) is 10.8 Å². The van der Waals surface area contributed by atoms with Crippen molar-refractivity contribution in [3.8, 4) is 0 Å². The number of nitrogens with zero attached hydrogens (tertiary/aromatic N) is 3. The number of hydrogen-bond donors (Lipinski definition) is 0. The number of carbonyl (C=O) groups is 1. The van der Waals surface area contributed by atoms with Crippen molar-refractivity contribution < 1.29 is 4.79 Å². The van der Waals surface area contributed by atoms with Crippen LogP contribution in [0.4, 0.5) is 0 Å². The Labute approximate surface area is 192 Å². The van der Waals surface area contributed by atoms with E-state index in [0.717, 1.165) is 35.8 Å². The smallest absolute Gasteiger partial charge is 0.242 e. The maximum absolute atomic E-state index is 13.2. The molecule has 1 fully saturated rings. The molecule has 3 aromatic rings. The molecule has 1 aliphatic rings. The zero-order valence-electron chi connectivity index (χ0n) is 17.4. The summed E-state index contributed by atoms with van der Waals surface area (Å²) >= 11 is 7.46. The van der Waals surface area contributed by atoms with Crippen molar-refractivity contribution in [2.45, 2.75) is 38.0 Å². The normalized spacial score (nSPS) is 18.0. The van der Waals surface area contributed by atoms with Crippen LogP contribution in [0.2, 0.25) is 5.02 Å². The summed E-state index contributed by atoms with van der Waals surface area (Å²) in [6.45, 7) is 2.63. The summed E-state index contributed by atoms with van der Waals surface area (Å²) in [6, 6.07) is 21.9. The van der Waals surface area contributed by atoms with E-state index in [9.17, 15) is 4.79 Å².